The first kappa shape index (κ1) is 13.2. The average molecular weight is 263 g/mol. The minimum atomic E-state index is -1.22. The molecule has 0 aliphatic carbocycles. The van der Waals surface area contributed by atoms with E-state index in [0.29, 0.717) is 0 Å². The van der Waals surface area contributed by atoms with Crippen molar-refractivity contribution >= 4 is 17.7 Å². The molecule has 19 heavy (non-hydrogen) atoms. The Balaban J connectivity index is 2.19. The number of ketones is 1. The van der Waals surface area contributed by atoms with Crippen LogP contribution < -0.4 is 0 Å². The highest BCUT2D eigenvalue weighted by atomic mass is 16.4. The van der Waals surface area contributed by atoms with Gasteiger partial charge in [-0.3, -0.25) is 9.59 Å². The van der Waals surface area contributed by atoms with Crippen LogP contribution in [0.4, 0.5) is 0 Å². The molecule has 2 rings (SSSR count). The Kier molecular flexibility index (Phi) is 3.62. The summed E-state index contributed by atoms with van der Waals surface area (Å²) in [6, 6.07) is 6.78. The van der Waals surface area contributed by atoms with Gasteiger partial charge < -0.3 is 15.1 Å². The van der Waals surface area contributed by atoms with Gasteiger partial charge in [-0.25, -0.2) is 4.79 Å². The van der Waals surface area contributed by atoms with E-state index in [0.717, 1.165) is 4.90 Å². The van der Waals surface area contributed by atoms with E-state index in [1.54, 1.807) is 18.2 Å². The highest BCUT2D eigenvalue weighted by molar-refractivity contribution is 6.43. The molecule has 0 spiro atoms. The van der Waals surface area contributed by atoms with Crippen molar-refractivity contribution in [3.05, 3.63) is 35.9 Å². The number of hydrogen-bond acceptors (Lipinski definition) is 4. The van der Waals surface area contributed by atoms with Crippen molar-refractivity contribution in [3.8, 4) is 0 Å². The zero-order chi connectivity index (χ0) is 14.0. The average Bonchev–Trinajstić information content (AvgIpc) is 2.80. The molecule has 0 unspecified atom stereocenters. The van der Waals surface area contributed by atoms with Crippen LogP contribution in [0.25, 0.3) is 0 Å². The van der Waals surface area contributed by atoms with E-state index in [4.69, 9.17) is 5.11 Å². The largest absolute Gasteiger partial charge is 0.480 e. The molecule has 0 bridgehead atoms. The first-order valence-corrected chi connectivity index (χ1v) is 5.82. The SMILES string of the molecule is O=C(C(=O)N1C[C@H](O)C[C@H]1C(=O)O)c1ccccc1. The van der Waals surface area contributed by atoms with Crippen molar-refractivity contribution in [2.75, 3.05) is 6.54 Å². The van der Waals surface area contributed by atoms with Gasteiger partial charge in [-0.1, -0.05) is 30.3 Å². The number of amides is 1. The highest BCUT2D eigenvalue weighted by Gasteiger charge is 2.41. The summed E-state index contributed by atoms with van der Waals surface area (Å²) >= 11 is 0. The second kappa shape index (κ2) is 5.19. The molecule has 6 heteroatoms. The molecule has 1 aromatic carbocycles. The second-order valence-electron chi connectivity index (χ2n) is 4.40. The summed E-state index contributed by atoms with van der Waals surface area (Å²) in [4.78, 5) is 35.9. The molecule has 100 valence electrons. The van der Waals surface area contributed by atoms with E-state index in [-0.39, 0.29) is 18.5 Å². The number of likely N-dealkylation sites (tertiary alicyclic amines) is 1. The van der Waals surface area contributed by atoms with Crippen LogP contribution >= 0.6 is 0 Å². The summed E-state index contributed by atoms with van der Waals surface area (Å²) < 4.78 is 0. The first-order chi connectivity index (χ1) is 9.00. The van der Waals surface area contributed by atoms with Gasteiger partial charge in [0.05, 0.1) is 6.10 Å². The van der Waals surface area contributed by atoms with Crippen LogP contribution in [-0.2, 0) is 9.59 Å². The molecule has 2 atom stereocenters. The zero-order valence-corrected chi connectivity index (χ0v) is 10.0. The molecule has 2 N–H and O–H groups in total. The predicted octanol–water partition coefficient (Wildman–Crippen LogP) is -0.0843. The Bertz CT molecular complexity index is 513. The van der Waals surface area contributed by atoms with Gasteiger partial charge in [0.1, 0.15) is 6.04 Å². The lowest BCUT2D eigenvalue weighted by Gasteiger charge is -2.20. The number of carboxylic acid groups (broad SMARTS) is 1. The van der Waals surface area contributed by atoms with Gasteiger partial charge in [0.15, 0.2) is 0 Å². The second-order valence-corrected chi connectivity index (χ2v) is 4.40. The van der Waals surface area contributed by atoms with Gasteiger partial charge in [-0.05, 0) is 0 Å². The standard InChI is InChI=1S/C13H13NO5/c15-9-6-10(13(18)19)14(7-9)12(17)11(16)8-4-2-1-3-5-8/h1-5,9-10,15H,6-7H2,(H,18,19)/t9-,10+/m1/s1. The fraction of sp³-hybridized carbons (Fsp3) is 0.308. The quantitative estimate of drug-likeness (QED) is 0.587. The third-order valence-electron chi connectivity index (χ3n) is 3.06. The fourth-order valence-electron chi connectivity index (χ4n) is 2.12. The Labute approximate surface area is 109 Å². The van der Waals surface area contributed by atoms with Gasteiger partial charge in [-0.2, -0.15) is 0 Å². The molecule has 0 saturated carbocycles. The Hall–Kier alpha value is -2.21. The van der Waals surface area contributed by atoms with E-state index in [1.807, 2.05) is 0 Å². The minimum absolute atomic E-state index is 0.0524. The van der Waals surface area contributed by atoms with Crippen LogP contribution in [-0.4, -0.2) is 51.5 Å². The predicted molar refractivity (Wildman–Crippen MR) is 64.5 cm³/mol. The third kappa shape index (κ3) is 2.63. The van der Waals surface area contributed by atoms with Gasteiger partial charge in [0.25, 0.3) is 5.91 Å². The maximum absolute atomic E-state index is 12.0. The normalized spacial score (nSPS) is 22.3. The number of nitrogens with zero attached hydrogens (tertiary/aromatic N) is 1. The summed E-state index contributed by atoms with van der Waals surface area (Å²) in [7, 11) is 0. The van der Waals surface area contributed by atoms with Crippen LogP contribution in [0.15, 0.2) is 30.3 Å². The van der Waals surface area contributed by atoms with Crippen LogP contribution in [0.1, 0.15) is 16.8 Å². The number of benzene rings is 1. The van der Waals surface area contributed by atoms with E-state index in [2.05, 4.69) is 0 Å². The lowest BCUT2D eigenvalue weighted by atomic mass is 10.1. The molecular formula is C13H13NO5. The van der Waals surface area contributed by atoms with Crippen molar-refractivity contribution in [1.29, 1.82) is 0 Å². The number of β-amino-alcohol motifs (C(OH)–C–C–N with tert-alkyl or cyclic N) is 1. The lowest BCUT2D eigenvalue weighted by molar-refractivity contribution is -0.146. The third-order valence-corrected chi connectivity index (χ3v) is 3.06. The van der Waals surface area contributed by atoms with Crippen molar-refractivity contribution in [2.24, 2.45) is 0 Å². The molecule has 1 fully saturated rings. The number of rotatable bonds is 3. The highest BCUT2D eigenvalue weighted by Crippen LogP contribution is 2.19. The first-order valence-electron chi connectivity index (χ1n) is 5.82. The van der Waals surface area contributed by atoms with Crippen LogP contribution in [0, 0.1) is 0 Å². The molecule has 1 aromatic rings. The van der Waals surface area contributed by atoms with Gasteiger partial charge in [0.2, 0.25) is 5.78 Å². The molecule has 1 amide bonds. The van der Waals surface area contributed by atoms with Crippen molar-refractivity contribution in [2.45, 2.75) is 18.6 Å². The van der Waals surface area contributed by atoms with Crippen molar-refractivity contribution in [3.63, 3.8) is 0 Å². The molecule has 1 aliphatic rings. The number of aliphatic hydroxyl groups is 1. The molecule has 1 heterocycles. The lowest BCUT2D eigenvalue weighted by Crippen LogP contribution is -2.44. The number of carbonyl (C=O) groups is 3. The van der Waals surface area contributed by atoms with E-state index >= 15 is 0 Å². The Morgan fingerprint density at radius 3 is 2.37 bits per heavy atom. The molecule has 6 nitrogen and oxygen atoms in total. The van der Waals surface area contributed by atoms with Gasteiger partial charge in [-0.15, -0.1) is 0 Å². The maximum atomic E-state index is 12.0. The number of Topliss-reactive ketones (excluding diaryl/α,β-unsaturated/α-hetero) is 1. The monoisotopic (exact) mass is 263 g/mol. The summed E-state index contributed by atoms with van der Waals surface area (Å²) in [5, 5.41) is 18.4. The number of carbonyl (C=O) groups excluding carboxylic acids is 2. The molecule has 0 aromatic heterocycles. The van der Waals surface area contributed by atoms with Crippen LogP contribution in [0.2, 0.25) is 0 Å². The smallest absolute Gasteiger partial charge is 0.326 e. The molecular weight excluding hydrogens is 250 g/mol. The zero-order valence-electron chi connectivity index (χ0n) is 10.0. The van der Waals surface area contributed by atoms with Crippen molar-refractivity contribution in [1.82, 2.24) is 4.90 Å². The molecule has 0 radical (unpaired) electrons. The fourth-order valence-corrected chi connectivity index (χ4v) is 2.12. The summed E-state index contributed by atoms with van der Waals surface area (Å²) in [5.74, 6) is -2.87. The molecule has 1 aliphatic heterocycles. The minimum Gasteiger partial charge on any atom is -0.480 e. The topological polar surface area (TPSA) is 94.9 Å². The molecule has 1 saturated heterocycles. The Morgan fingerprint density at radius 2 is 1.79 bits per heavy atom. The number of hydrogen-bond donors (Lipinski definition) is 2. The summed E-state index contributed by atoms with van der Waals surface area (Å²) in [6.45, 7) is -0.131. The van der Waals surface area contributed by atoms with Crippen LogP contribution in [0.5, 0.6) is 0 Å². The van der Waals surface area contributed by atoms with Gasteiger partial charge >= 0.3 is 5.97 Å². The van der Waals surface area contributed by atoms with E-state index in [1.165, 1.54) is 12.1 Å². The van der Waals surface area contributed by atoms with E-state index in [9.17, 15) is 19.5 Å². The number of aliphatic carboxylic acids is 1. The maximum Gasteiger partial charge on any atom is 0.326 e. The summed E-state index contributed by atoms with van der Waals surface area (Å²) in [6.07, 6.45) is -0.961. The van der Waals surface area contributed by atoms with Crippen LogP contribution in [0.3, 0.4) is 0 Å². The summed E-state index contributed by atoms with van der Waals surface area (Å²) in [5.41, 5.74) is 0.207. The number of aliphatic hydroxyl groups excluding tert-OH is 1. The Morgan fingerprint density at radius 1 is 1.16 bits per heavy atom. The van der Waals surface area contributed by atoms with E-state index < -0.39 is 29.8 Å². The van der Waals surface area contributed by atoms with Gasteiger partial charge in [0, 0.05) is 18.5 Å². The number of carboxylic acids is 1. The van der Waals surface area contributed by atoms with Crippen molar-refractivity contribution < 1.29 is 24.6 Å².